The molecule has 1 aliphatic rings. The van der Waals surface area contributed by atoms with Crippen molar-refractivity contribution in [2.45, 2.75) is 26.3 Å². The number of rotatable bonds is 4. The van der Waals surface area contributed by atoms with Crippen LogP contribution in [-0.4, -0.2) is 36.7 Å². The van der Waals surface area contributed by atoms with E-state index in [2.05, 4.69) is 24.2 Å². The lowest BCUT2D eigenvalue weighted by Gasteiger charge is -2.38. The third-order valence-electron chi connectivity index (χ3n) is 4.10. The van der Waals surface area contributed by atoms with Crippen LogP contribution in [0.25, 0.3) is 0 Å². The molecule has 4 heteroatoms. The van der Waals surface area contributed by atoms with Crippen molar-refractivity contribution >= 4 is 0 Å². The Labute approximate surface area is 114 Å². The molecule has 1 heterocycles. The molecule has 106 valence electrons. The van der Waals surface area contributed by atoms with Gasteiger partial charge < -0.3 is 15.3 Å². The first-order valence-electron chi connectivity index (χ1n) is 6.85. The molecule has 0 bridgehead atoms. The second kappa shape index (κ2) is 5.88. The second-order valence-corrected chi connectivity index (χ2v) is 5.99. The van der Waals surface area contributed by atoms with Crippen LogP contribution in [0.3, 0.4) is 0 Å². The Balaban J connectivity index is 1.84. The summed E-state index contributed by atoms with van der Waals surface area (Å²) in [5, 5.41) is 13.0. The lowest BCUT2D eigenvalue weighted by Crippen LogP contribution is -2.41. The van der Waals surface area contributed by atoms with Crippen LogP contribution in [0.15, 0.2) is 18.2 Å². The maximum absolute atomic E-state index is 13.1. The van der Waals surface area contributed by atoms with E-state index in [1.165, 1.54) is 31.0 Å². The molecule has 1 fully saturated rings. The van der Waals surface area contributed by atoms with E-state index in [9.17, 15) is 9.50 Å². The average molecular weight is 266 g/mol. The van der Waals surface area contributed by atoms with Crippen LogP contribution in [0, 0.1) is 11.2 Å². The molecule has 0 radical (unpaired) electrons. The number of phenols is 1. The monoisotopic (exact) mass is 266 g/mol. The molecule has 1 aromatic carbocycles. The van der Waals surface area contributed by atoms with E-state index < -0.39 is 0 Å². The Bertz CT molecular complexity index is 428. The van der Waals surface area contributed by atoms with Crippen molar-refractivity contribution in [2.75, 3.05) is 26.7 Å². The fraction of sp³-hybridized carbons (Fsp3) is 0.600. The highest BCUT2D eigenvalue weighted by Gasteiger charge is 2.28. The van der Waals surface area contributed by atoms with E-state index in [1.807, 2.05) is 0 Å². The minimum Gasteiger partial charge on any atom is -0.508 e. The van der Waals surface area contributed by atoms with Crippen molar-refractivity contribution in [3.63, 3.8) is 0 Å². The first kappa shape index (κ1) is 14.3. The molecule has 1 aliphatic heterocycles. The van der Waals surface area contributed by atoms with Crippen LogP contribution in [0.5, 0.6) is 5.75 Å². The highest BCUT2D eigenvalue weighted by molar-refractivity contribution is 5.32. The fourth-order valence-corrected chi connectivity index (χ4v) is 2.53. The lowest BCUT2D eigenvalue weighted by atomic mass is 9.80. The Morgan fingerprint density at radius 1 is 1.37 bits per heavy atom. The number of nitrogens with zero attached hydrogens (tertiary/aromatic N) is 1. The van der Waals surface area contributed by atoms with E-state index in [1.54, 1.807) is 0 Å². The summed E-state index contributed by atoms with van der Waals surface area (Å²) in [6, 6.07) is 4.07. The first-order valence-corrected chi connectivity index (χ1v) is 6.85. The number of likely N-dealkylation sites (tertiary alicyclic amines) is 1. The fourth-order valence-electron chi connectivity index (χ4n) is 2.53. The summed E-state index contributed by atoms with van der Waals surface area (Å²) in [6.45, 7) is 5.96. The van der Waals surface area contributed by atoms with E-state index in [4.69, 9.17) is 0 Å². The van der Waals surface area contributed by atoms with Gasteiger partial charge in [0.15, 0.2) is 0 Å². The predicted octanol–water partition coefficient (Wildman–Crippen LogP) is 2.35. The Morgan fingerprint density at radius 2 is 2.05 bits per heavy atom. The normalized spacial score (nSPS) is 19.5. The van der Waals surface area contributed by atoms with Gasteiger partial charge in [0.1, 0.15) is 11.6 Å². The van der Waals surface area contributed by atoms with Gasteiger partial charge in [0, 0.05) is 18.7 Å². The molecule has 1 aromatic rings. The molecule has 2 N–H and O–H groups in total. The lowest BCUT2D eigenvalue weighted by molar-refractivity contribution is 0.136. The van der Waals surface area contributed by atoms with Gasteiger partial charge in [-0.05, 0) is 56.6 Å². The number of hydrogen-bond donors (Lipinski definition) is 2. The molecule has 3 nitrogen and oxygen atoms in total. The standard InChI is InChI=1S/C15H23FN2O/c1-15(5-7-18(2)8-6-15)11-17-10-12-9-13(16)3-4-14(12)19/h3-4,9,17,19H,5-8,10-11H2,1-2H3. The summed E-state index contributed by atoms with van der Waals surface area (Å²) in [5.41, 5.74) is 0.923. The maximum atomic E-state index is 13.1. The van der Waals surface area contributed by atoms with Gasteiger partial charge in [-0.1, -0.05) is 6.92 Å². The highest BCUT2D eigenvalue weighted by Crippen LogP contribution is 2.29. The Kier molecular flexibility index (Phi) is 4.42. The molecule has 0 saturated carbocycles. The third kappa shape index (κ3) is 3.91. The molecule has 19 heavy (non-hydrogen) atoms. The average Bonchev–Trinajstić information content (AvgIpc) is 2.38. The third-order valence-corrected chi connectivity index (χ3v) is 4.10. The van der Waals surface area contributed by atoms with Gasteiger partial charge >= 0.3 is 0 Å². The zero-order valence-corrected chi connectivity index (χ0v) is 11.7. The maximum Gasteiger partial charge on any atom is 0.123 e. The first-order chi connectivity index (χ1) is 8.98. The van der Waals surface area contributed by atoms with Crippen LogP contribution in [0.1, 0.15) is 25.3 Å². The van der Waals surface area contributed by atoms with Gasteiger partial charge in [0.2, 0.25) is 0 Å². The van der Waals surface area contributed by atoms with Crippen molar-refractivity contribution in [3.8, 4) is 5.75 Å². The van der Waals surface area contributed by atoms with Crippen LogP contribution in [0.4, 0.5) is 4.39 Å². The zero-order valence-electron chi connectivity index (χ0n) is 11.7. The minimum atomic E-state index is -0.305. The van der Waals surface area contributed by atoms with Crippen molar-refractivity contribution in [1.82, 2.24) is 10.2 Å². The largest absolute Gasteiger partial charge is 0.508 e. The smallest absolute Gasteiger partial charge is 0.123 e. The summed E-state index contributed by atoms with van der Waals surface area (Å²) >= 11 is 0. The summed E-state index contributed by atoms with van der Waals surface area (Å²) < 4.78 is 13.1. The van der Waals surface area contributed by atoms with Crippen LogP contribution in [0.2, 0.25) is 0 Å². The van der Waals surface area contributed by atoms with Gasteiger partial charge in [-0.3, -0.25) is 0 Å². The van der Waals surface area contributed by atoms with Gasteiger partial charge in [0.05, 0.1) is 0 Å². The Hall–Kier alpha value is -1.13. The van der Waals surface area contributed by atoms with Crippen molar-refractivity contribution in [3.05, 3.63) is 29.6 Å². The van der Waals surface area contributed by atoms with Crippen molar-refractivity contribution < 1.29 is 9.50 Å². The quantitative estimate of drug-likeness (QED) is 0.878. The summed E-state index contributed by atoms with van der Waals surface area (Å²) in [7, 11) is 2.15. The molecule has 0 unspecified atom stereocenters. The molecular weight excluding hydrogens is 243 g/mol. The molecule has 0 atom stereocenters. The van der Waals surface area contributed by atoms with Gasteiger partial charge in [-0.15, -0.1) is 0 Å². The second-order valence-electron chi connectivity index (χ2n) is 5.99. The predicted molar refractivity (Wildman–Crippen MR) is 74.6 cm³/mol. The van der Waals surface area contributed by atoms with Crippen LogP contribution >= 0.6 is 0 Å². The molecule has 0 aromatic heterocycles. The topological polar surface area (TPSA) is 35.5 Å². The molecule has 0 spiro atoms. The molecule has 0 amide bonds. The number of nitrogens with one attached hydrogen (secondary N) is 1. The summed E-state index contributed by atoms with van der Waals surface area (Å²) in [6.07, 6.45) is 2.34. The van der Waals surface area contributed by atoms with Crippen LogP contribution in [-0.2, 0) is 6.54 Å². The molecule has 0 aliphatic carbocycles. The highest BCUT2D eigenvalue weighted by atomic mass is 19.1. The summed E-state index contributed by atoms with van der Waals surface area (Å²) in [4.78, 5) is 2.35. The SMILES string of the molecule is CN1CCC(C)(CNCc2cc(F)ccc2O)CC1. The number of halogens is 1. The number of phenolic OH excluding ortho intramolecular Hbond substituents is 1. The number of aromatic hydroxyl groups is 1. The number of piperidine rings is 1. The minimum absolute atomic E-state index is 0.155. The number of benzene rings is 1. The molecule has 2 rings (SSSR count). The van der Waals surface area contributed by atoms with E-state index >= 15 is 0 Å². The van der Waals surface area contributed by atoms with E-state index in [-0.39, 0.29) is 11.6 Å². The zero-order chi connectivity index (χ0) is 13.9. The molecule has 1 saturated heterocycles. The van der Waals surface area contributed by atoms with Gasteiger partial charge in [-0.25, -0.2) is 4.39 Å². The Morgan fingerprint density at radius 3 is 2.74 bits per heavy atom. The van der Waals surface area contributed by atoms with Crippen LogP contribution < -0.4 is 5.32 Å². The van der Waals surface area contributed by atoms with E-state index in [0.29, 0.717) is 17.5 Å². The molecular formula is C15H23FN2O. The van der Waals surface area contributed by atoms with E-state index in [0.717, 1.165) is 19.6 Å². The van der Waals surface area contributed by atoms with Crippen molar-refractivity contribution in [2.24, 2.45) is 5.41 Å². The van der Waals surface area contributed by atoms with Gasteiger partial charge in [0.25, 0.3) is 0 Å². The summed E-state index contributed by atoms with van der Waals surface area (Å²) in [5.74, 6) is -0.150. The number of hydrogen-bond acceptors (Lipinski definition) is 3. The van der Waals surface area contributed by atoms with Crippen molar-refractivity contribution in [1.29, 1.82) is 0 Å². The van der Waals surface area contributed by atoms with Gasteiger partial charge in [-0.2, -0.15) is 0 Å².